The van der Waals surface area contributed by atoms with Gasteiger partial charge in [-0.05, 0) is 68.0 Å². The topological polar surface area (TPSA) is 43.9 Å². The third-order valence-electron chi connectivity index (χ3n) is 6.82. The van der Waals surface area contributed by atoms with Gasteiger partial charge in [0.25, 0.3) is 5.91 Å². The molecule has 0 radical (unpaired) electrons. The van der Waals surface area contributed by atoms with Crippen molar-refractivity contribution in [3.63, 3.8) is 0 Å². The first-order valence-electron chi connectivity index (χ1n) is 11.3. The molecular formula is C24H28FN3O2S. The minimum absolute atomic E-state index is 0.00853. The van der Waals surface area contributed by atoms with E-state index >= 15 is 0 Å². The highest BCUT2D eigenvalue weighted by atomic mass is 32.1. The van der Waals surface area contributed by atoms with Crippen LogP contribution in [-0.2, 0) is 17.6 Å². The molecule has 0 spiro atoms. The molecule has 2 aliphatic heterocycles. The Morgan fingerprint density at radius 1 is 0.935 bits per heavy atom. The third kappa shape index (κ3) is 4.20. The van der Waals surface area contributed by atoms with Crippen LogP contribution in [0.3, 0.4) is 0 Å². The van der Waals surface area contributed by atoms with Gasteiger partial charge in [0.1, 0.15) is 5.82 Å². The molecule has 1 aliphatic carbocycles. The van der Waals surface area contributed by atoms with Crippen molar-refractivity contribution in [1.29, 1.82) is 0 Å². The van der Waals surface area contributed by atoms with Crippen molar-refractivity contribution in [2.75, 3.05) is 44.2 Å². The number of amides is 2. The Bertz CT molecular complexity index is 960. The van der Waals surface area contributed by atoms with E-state index < -0.39 is 0 Å². The predicted molar refractivity (Wildman–Crippen MR) is 120 cm³/mol. The number of aryl methyl sites for hydroxylation is 1. The summed E-state index contributed by atoms with van der Waals surface area (Å²) in [5.74, 6) is 0.182. The molecule has 2 aromatic rings. The van der Waals surface area contributed by atoms with Gasteiger partial charge in [0.2, 0.25) is 5.91 Å². The van der Waals surface area contributed by atoms with Crippen molar-refractivity contribution in [1.82, 2.24) is 9.80 Å². The summed E-state index contributed by atoms with van der Waals surface area (Å²) >= 11 is 1.63. The number of benzene rings is 1. The van der Waals surface area contributed by atoms with Crippen molar-refractivity contribution < 1.29 is 14.0 Å². The van der Waals surface area contributed by atoms with Gasteiger partial charge in [-0.1, -0.05) is 0 Å². The minimum Gasteiger partial charge on any atom is -0.368 e. The lowest BCUT2D eigenvalue weighted by Crippen LogP contribution is -2.51. The second kappa shape index (κ2) is 8.61. The Balaban J connectivity index is 1.19. The molecule has 3 aliphatic rings. The highest BCUT2D eigenvalue weighted by molar-refractivity contribution is 7.14. The van der Waals surface area contributed by atoms with Crippen LogP contribution in [0.15, 0.2) is 30.3 Å². The van der Waals surface area contributed by atoms with Crippen LogP contribution in [0.5, 0.6) is 0 Å². The van der Waals surface area contributed by atoms with E-state index in [0.29, 0.717) is 13.1 Å². The van der Waals surface area contributed by atoms with Gasteiger partial charge in [0, 0.05) is 55.8 Å². The minimum atomic E-state index is -0.229. The van der Waals surface area contributed by atoms with E-state index in [1.165, 1.54) is 22.6 Å². The molecule has 31 heavy (non-hydrogen) atoms. The van der Waals surface area contributed by atoms with Crippen LogP contribution in [0.25, 0.3) is 0 Å². The third-order valence-corrected chi connectivity index (χ3v) is 8.04. The molecule has 1 aromatic carbocycles. The van der Waals surface area contributed by atoms with Gasteiger partial charge in [-0.2, -0.15) is 0 Å². The van der Waals surface area contributed by atoms with E-state index in [1.54, 1.807) is 23.5 Å². The van der Waals surface area contributed by atoms with Gasteiger partial charge in [-0.25, -0.2) is 4.39 Å². The monoisotopic (exact) mass is 441 g/mol. The molecule has 1 aromatic heterocycles. The number of carbonyl (C=O) groups excluding carboxylic acids is 2. The molecule has 164 valence electrons. The average molecular weight is 442 g/mol. The van der Waals surface area contributed by atoms with Crippen LogP contribution >= 0.6 is 11.3 Å². The number of hydrogen-bond acceptors (Lipinski definition) is 4. The number of likely N-dealkylation sites (tertiary alicyclic amines) is 1. The van der Waals surface area contributed by atoms with Gasteiger partial charge in [-0.15, -0.1) is 11.3 Å². The van der Waals surface area contributed by atoms with Gasteiger partial charge < -0.3 is 14.7 Å². The van der Waals surface area contributed by atoms with Crippen molar-refractivity contribution in [2.24, 2.45) is 5.92 Å². The first-order chi connectivity index (χ1) is 15.1. The molecule has 0 saturated carbocycles. The number of anilines is 1. The van der Waals surface area contributed by atoms with Crippen LogP contribution < -0.4 is 4.90 Å². The zero-order valence-corrected chi connectivity index (χ0v) is 18.5. The number of piperazine rings is 1. The lowest BCUT2D eigenvalue weighted by molar-refractivity contribution is -0.136. The number of rotatable bonds is 3. The zero-order valence-electron chi connectivity index (χ0n) is 17.7. The largest absolute Gasteiger partial charge is 0.368 e. The molecule has 5 nitrogen and oxygen atoms in total. The van der Waals surface area contributed by atoms with Gasteiger partial charge in [-0.3, -0.25) is 9.59 Å². The van der Waals surface area contributed by atoms with Crippen molar-refractivity contribution in [2.45, 2.75) is 32.1 Å². The molecule has 2 saturated heterocycles. The summed E-state index contributed by atoms with van der Waals surface area (Å²) < 4.78 is 13.2. The first-order valence-corrected chi connectivity index (χ1v) is 12.1. The summed E-state index contributed by atoms with van der Waals surface area (Å²) in [5.41, 5.74) is 2.20. The Kier molecular flexibility index (Phi) is 5.69. The molecule has 0 bridgehead atoms. The lowest BCUT2D eigenvalue weighted by Gasteiger charge is -2.38. The fourth-order valence-corrected chi connectivity index (χ4v) is 6.19. The molecule has 1 atom stereocenters. The lowest BCUT2D eigenvalue weighted by atomic mass is 9.87. The number of thiophene rings is 1. The van der Waals surface area contributed by atoms with Gasteiger partial charge in [0.05, 0.1) is 4.88 Å². The normalized spacial score (nSPS) is 21.3. The average Bonchev–Trinajstić information content (AvgIpc) is 3.48. The first kappa shape index (κ1) is 20.5. The molecule has 2 amide bonds. The number of nitrogens with zero attached hydrogens (tertiary/aromatic N) is 3. The Morgan fingerprint density at radius 2 is 1.65 bits per heavy atom. The summed E-state index contributed by atoms with van der Waals surface area (Å²) in [5, 5.41) is 0. The Hall–Kier alpha value is -2.41. The van der Waals surface area contributed by atoms with E-state index in [0.717, 1.165) is 68.8 Å². The second-order valence-electron chi connectivity index (χ2n) is 8.79. The van der Waals surface area contributed by atoms with E-state index in [9.17, 15) is 14.0 Å². The van der Waals surface area contributed by atoms with Crippen LogP contribution in [0.1, 0.15) is 39.4 Å². The van der Waals surface area contributed by atoms with Gasteiger partial charge in [0.15, 0.2) is 0 Å². The van der Waals surface area contributed by atoms with E-state index in [4.69, 9.17) is 0 Å². The zero-order chi connectivity index (χ0) is 21.4. The smallest absolute Gasteiger partial charge is 0.263 e. The van der Waals surface area contributed by atoms with Crippen LogP contribution in [0.2, 0.25) is 0 Å². The van der Waals surface area contributed by atoms with Crippen molar-refractivity contribution in [3.05, 3.63) is 51.5 Å². The maximum Gasteiger partial charge on any atom is 0.263 e. The maximum absolute atomic E-state index is 13.2. The molecule has 0 N–H and O–H groups in total. The second-order valence-corrected chi connectivity index (χ2v) is 9.92. The van der Waals surface area contributed by atoms with Crippen LogP contribution in [0, 0.1) is 11.7 Å². The van der Waals surface area contributed by atoms with Crippen LogP contribution in [0.4, 0.5) is 10.1 Å². The molecule has 0 unspecified atom stereocenters. The van der Waals surface area contributed by atoms with Crippen molar-refractivity contribution >= 4 is 28.8 Å². The van der Waals surface area contributed by atoms with Crippen molar-refractivity contribution in [3.8, 4) is 0 Å². The summed E-state index contributed by atoms with van der Waals surface area (Å²) in [7, 11) is 0. The Morgan fingerprint density at radius 3 is 2.35 bits per heavy atom. The fraction of sp³-hybridized carbons (Fsp3) is 0.500. The quantitative estimate of drug-likeness (QED) is 0.731. The van der Waals surface area contributed by atoms with Crippen LogP contribution in [-0.4, -0.2) is 60.9 Å². The van der Waals surface area contributed by atoms with Gasteiger partial charge >= 0.3 is 0 Å². The van der Waals surface area contributed by atoms with E-state index in [1.807, 2.05) is 15.9 Å². The summed E-state index contributed by atoms with van der Waals surface area (Å²) in [4.78, 5) is 34.2. The molecular weight excluding hydrogens is 413 g/mol. The number of carbonyl (C=O) groups is 2. The number of halogens is 1. The molecule has 3 heterocycles. The summed E-state index contributed by atoms with van der Waals surface area (Å²) in [6.07, 6.45) is 4.70. The molecule has 2 fully saturated rings. The maximum atomic E-state index is 13.2. The highest BCUT2D eigenvalue weighted by Crippen LogP contribution is 2.34. The standard InChI is InChI=1S/C24H28FN3O2S/c25-19-4-6-20(7-5-19)26-11-13-28(14-12-26)23(29)17-3-8-21-18(15-17)16-22(31-21)24(30)27-9-1-2-10-27/h4-7,16-17H,1-3,8-15H2/t17-/m1/s1. The molecule has 7 heteroatoms. The fourth-order valence-electron chi connectivity index (χ4n) is 5.01. The summed E-state index contributed by atoms with van der Waals surface area (Å²) in [6, 6.07) is 8.61. The Labute approximate surface area is 186 Å². The highest BCUT2D eigenvalue weighted by Gasteiger charge is 2.32. The summed E-state index contributed by atoms with van der Waals surface area (Å²) in [6.45, 7) is 4.66. The predicted octanol–water partition coefficient (Wildman–Crippen LogP) is 3.58. The number of fused-ring (bicyclic) bond motifs is 1. The molecule has 5 rings (SSSR count). The SMILES string of the molecule is O=C(c1cc2c(s1)CC[C@@H](C(=O)N1CCN(c3ccc(F)cc3)CC1)C2)N1CCCC1. The van der Waals surface area contributed by atoms with E-state index in [2.05, 4.69) is 4.90 Å². The van der Waals surface area contributed by atoms with E-state index in [-0.39, 0.29) is 23.5 Å². The number of hydrogen-bond donors (Lipinski definition) is 0.